The van der Waals surface area contributed by atoms with Gasteiger partial charge in [-0.2, -0.15) is 0 Å². The number of aromatic nitrogens is 1. The van der Waals surface area contributed by atoms with Crippen LogP contribution in [0.1, 0.15) is 45.4 Å². The van der Waals surface area contributed by atoms with E-state index in [0.717, 1.165) is 4.90 Å². The van der Waals surface area contributed by atoms with Crippen LogP contribution < -0.4 is 0 Å². The van der Waals surface area contributed by atoms with Gasteiger partial charge in [0.15, 0.2) is 6.10 Å². The van der Waals surface area contributed by atoms with E-state index in [2.05, 4.69) is 4.98 Å². The minimum Gasteiger partial charge on any atom is -0.465 e. The van der Waals surface area contributed by atoms with Crippen LogP contribution in [0.2, 0.25) is 0 Å². The molecule has 0 aliphatic carbocycles. The summed E-state index contributed by atoms with van der Waals surface area (Å²) in [6.07, 6.45) is -0.741. The molecular formula is C20H23NO5S. The number of rotatable bonds is 8. The Bertz CT molecular complexity index is 828. The lowest BCUT2D eigenvalue weighted by Crippen LogP contribution is -2.25. The number of ketones is 1. The van der Waals surface area contributed by atoms with E-state index < -0.39 is 18.0 Å². The molecular weight excluding hydrogens is 366 g/mol. The normalized spacial score (nSPS) is 11.7. The SMILES string of the molecule is COC(=O)c1c(C)[nH]c(C(=O)[C@H](C)OC(=O)CCSc2ccccc2)c1C. The molecule has 0 amide bonds. The van der Waals surface area contributed by atoms with Gasteiger partial charge >= 0.3 is 11.9 Å². The van der Waals surface area contributed by atoms with Crippen LogP contribution in [-0.2, 0) is 14.3 Å². The van der Waals surface area contributed by atoms with E-state index in [1.165, 1.54) is 14.0 Å². The molecule has 0 fully saturated rings. The zero-order valence-electron chi connectivity index (χ0n) is 15.8. The number of thioether (sulfide) groups is 1. The Hall–Kier alpha value is -2.54. The van der Waals surface area contributed by atoms with Gasteiger partial charge in [0.2, 0.25) is 5.78 Å². The van der Waals surface area contributed by atoms with E-state index in [4.69, 9.17) is 9.47 Å². The fraction of sp³-hybridized carbons (Fsp3) is 0.350. The maximum Gasteiger partial charge on any atom is 0.339 e. The van der Waals surface area contributed by atoms with Gasteiger partial charge in [0.25, 0.3) is 0 Å². The van der Waals surface area contributed by atoms with Crippen molar-refractivity contribution in [3.8, 4) is 0 Å². The number of Topliss-reactive ketones (excluding diaryl/α,β-unsaturated/α-hetero) is 1. The molecule has 2 rings (SSSR count). The van der Waals surface area contributed by atoms with Crippen LogP contribution in [0.4, 0.5) is 0 Å². The average Bonchev–Trinajstić information content (AvgIpc) is 2.95. The van der Waals surface area contributed by atoms with E-state index in [0.29, 0.717) is 22.6 Å². The van der Waals surface area contributed by atoms with Gasteiger partial charge in [-0.05, 0) is 38.5 Å². The third-order valence-corrected chi connectivity index (χ3v) is 5.08. The number of aryl methyl sites for hydroxylation is 1. The van der Waals surface area contributed by atoms with Crippen LogP contribution in [0.25, 0.3) is 0 Å². The molecule has 0 spiro atoms. The molecule has 0 aliphatic heterocycles. The van der Waals surface area contributed by atoms with E-state index in [9.17, 15) is 14.4 Å². The van der Waals surface area contributed by atoms with Crippen molar-refractivity contribution >= 4 is 29.5 Å². The highest BCUT2D eigenvalue weighted by atomic mass is 32.2. The molecule has 0 radical (unpaired) electrons. The van der Waals surface area contributed by atoms with Crippen molar-refractivity contribution in [3.05, 3.63) is 52.8 Å². The second-order valence-corrected chi connectivity index (χ2v) is 7.19. The smallest absolute Gasteiger partial charge is 0.339 e. The molecule has 0 saturated carbocycles. The van der Waals surface area contributed by atoms with E-state index in [-0.39, 0.29) is 17.9 Å². The molecule has 1 heterocycles. The summed E-state index contributed by atoms with van der Waals surface area (Å²) < 4.78 is 10.00. The van der Waals surface area contributed by atoms with Crippen molar-refractivity contribution in [2.24, 2.45) is 0 Å². The number of benzene rings is 1. The van der Waals surface area contributed by atoms with Crippen LogP contribution in [0.15, 0.2) is 35.2 Å². The van der Waals surface area contributed by atoms with E-state index in [1.807, 2.05) is 30.3 Å². The van der Waals surface area contributed by atoms with Crippen molar-refractivity contribution < 1.29 is 23.9 Å². The molecule has 2 aromatic rings. The summed E-state index contributed by atoms with van der Waals surface area (Å²) in [6.45, 7) is 4.87. The summed E-state index contributed by atoms with van der Waals surface area (Å²) in [6, 6.07) is 9.74. The molecule has 0 unspecified atom stereocenters. The number of ether oxygens (including phenoxy) is 2. The monoisotopic (exact) mass is 389 g/mol. The largest absolute Gasteiger partial charge is 0.465 e. The Balaban J connectivity index is 1.93. The molecule has 1 atom stereocenters. The van der Waals surface area contributed by atoms with Crippen LogP contribution in [0.3, 0.4) is 0 Å². The predicted molar refractivity (Wildman–Crippen MR) is 103 cm³/mol. The van der Waals surface area contributed by atoms with E-state index in [1.54, 1.807) is 25.6 Å². The van der Waals surface area contributed by atoms with Crippen molar-refractivity contribution in [2.75, 3.05) is 12.9 Å². The van der Waals surface area contributed by atoms with Crippen LogP contribution in [-0.4, -0.2) is 41.7 Å². The van der Waals surface area contributed by atoms with Crippen molar-refractivity contribution in [1.29, 1.82) is 0 Å². The molecule has 0 saturated heterocycles. The minimum atomic E-state index is -0.943. The highest BCUT2D eigenvalue weighted by Crippen LogP contribution is 2.21. The molecule has 0 bridgehead atoms. The van der Waals surface area contributed by atoms with Crippen LogP contribution in [0.5, 0.6) is 0 Å². The molecule has 0 aliphatic rings. The van der Waals surface area contributed by atoms with Gasteiger partial charge in [0.05, 0.1) is 24.8 Å². The number of hydrogen-bond donors (Lipinski definition) is 1. The Labute approximate surface area is 162 Å². The minimum absolute atomic E-state index is 0.202. The predicted octanol–water partition coefficient (Wildman–Crippen LogP) is 3.71. The Morgan fingerprint density at radius 2 is 1.81 bits per heavy atom. The van der Waals surface area contributed by atoms with E-state index >= 15 is 0 Å². The number of methoxy groups -OCH3 is 1. The zero-order valence-corrected chi connectivity index (χ0v) is 16.6. The Kier molecular flexibility index (Phi) is 7.24. The molecule has 7 heteroatoms. The lowest BCUT2D eigenvalue weighted by molar-refractivity contribution is -0.145. The van der Waals surface area contributed by atoms with Crippen LogP contribution >= 0.6 is 11.8 Å². The van der Waals surface area contributed by atoms with Crippen molar-refractivity contribution in [3.63, 3.8) is 0 Å². The first-order chi connectivity index (χ1) is 12.8. The topological polar surface area (TPSA) is 85.5 Å². The molecule has 1 aromatic heterocycles. The van der Waals surface area contributed by atoms with Crippen molar-refractivity contribution in [2.45, 2.75) is 38.2 Å². The van der Waals surface area contributed by atoms with Gasteiger partial charge in [-0.3, -0.25) is 9.59 Å². The first kappa shape index (κ1) is 20.8. The van der Waals surface area contributed by atoms with Gasteiger partial charge in [-0.1, -0.05) is 18.2 Å². The first-order valence-electron chi connectivity index (χ1n) is 8.54. The van der Waals surface area contributed by atoms with Gasteiger partial charge < -0.3 is 14.5 Å². The third-order valence-electron chi connectivity index (χ3n) is 4.07. The molecule has 1 N–H and O–H groups in total. The summed E-state index contributed by atoms with van der Waals surface area (Å²) in [5.41, 5.74) is 1.62. The van der Waals surface area contributed by atoms with Gasteiger partial charge in [-0.25, -0.2) is 4.79 Å². The Morgan fingerprint density at radius 3 is 2.44 bits per heavy atom. The molecule has 6 nitrogen and oxygen atoms in total. The number of nitrogens with one attached hydrogen (secondary N) is 1. The number of hydrogen-bond acceptors (Lipinski definition) is 6. The lowest BCUT2D eigenvalue weighted by Gasteiger charge is -2.12. The highest BCUT2D eigenvalue weighted by Gasteiger charge is 2.27. The summed E-state index contributed by atoms with van der Waals surface area (Å²) in [5, 5.41) is 0. The number of aromatic amines is 1. The summed E-state index contributed by atoms with van der Waals surface area (Å²) >= 11 is 1.55. The van der Waals surface area contributed by atoms with Crippen molar-refractivity contribution in [1.82, 2.24) is 4.98 Å². The maximum atomic E-state index is 12.6. The Morgan fingerprint density at radius 1 is 1.15 bits per heavy atom. The maximum absolute atomic E-state index is 12.6. The summed E-state index contributed by atoms with van der Waals surface area (Å²) in [7, 11) is 1.29. The number of esters is 2. The fourth-order valence-corrected chi connectivity index (χ4v) is 3.54. The summed E-state index contributed by atoms with van der Waals surface area (Å²) in [5.74, 6) is -0.761. The lowest BCUT2D eigenvalue weighted by atomic mass is 10.1. The second kappa shape index (κ2) is 9.41. The molecule has 1 aromatic carbocycles. The summed E-state index contributed by atoms with van der Waals surface area (Å²) in [4.78, 5) is 40.4. The fourth-order valence-electron chi connectivity index (χ4n) is 2.69. The standard InChI is InChI=1S/C20H23NO5S/c1-12-17(20(24)25-4)13(2)21-18(12)19(23)14(3)26-16(22)10-11-27-15-8-6-5-7-9-15/h5-9,14,21H,10-11H2,1-4H3/t14-/m0/s1. The molecule has 27 heavy (non-hydrogen) atoms. The molecule has 144 valence electrons. The first-order valence-corrected chi connectivity index (χ1v) is 9.52. The zero-order chi connectivity index (χ0) is 20.0. The quantitative estimate of drug-likeness (QED) is 0.421. The average molecular weight is 389 g/mol. The van der Waals surface area contributed by atoms with Gasteiger partial charge in [0, 0.05) is 16.3 Å². The van der Waals surface area contributed by atoms with Crippen LogP contribution in [0, 0.1) is 13.8 Å². The second-order valence-electron chi connectivity index (χ2n) is 6.02. The number of carbonyl (C=O) groups is 3. The highest BCUT2D eigenvalue weighted by molar-refractivity contribution is 7.99. The van der Waals surface area contributed by atoms with Gasteiger partial charge in [-0.15, -0.1) is 11.8 Å². The van der Waals surface area contributed by atoms with Gasteiger partial charge in [0.1, 0.15) is 0 Å². The number of H-pyrrole nitrogens is 1. The number of carbonyl (C=O) groups excluding carboxylic acids is 3. The third kappa shape index (κ3) is 5.23.